The van der Waals surface area contributed by atoms with Crippen molar-refractivity contribution in [1.82, 2.24) is 19.7 Å². The molecule has 0 spiro atoms. The van der Waals surface area contributed by atoms with Crippen LogP contribution in [-0.4, -0.2) is 38.8 Å². The molecule has 0 aliphatic rings. The maximum atomic E-state index is 15.4. The third-order valence-electron chi connectivity index (χ3n) is 8.54. The number of hydrogen-bond donors (Lipinski definition) is 2. The molecule has 15 heteroatoms. The summed E-state index contributed by atoms with van der Waals surface area (Å²) < 4.78 is 92.5. The topological polar surface area (TPSA) is 163 Å². The quantitative estimate of drug-likeness (QED) is 0.147. The monoisotopic (exact) mass is 741 g/mol. The van der Waals surface area contributed by atoms with Crippen molar-refractivity contribution >= 4 is 37.9 Å². The first-order chi connectivity index (χ1) is 25.1. The first kappa shape index (κ1) is 35.3. The lowest BCUT2D eigenvalue weighted by atomic mass is 9.99. The van der Waals surface area contributed by atoms with Crippen molar-refractivity contribution in [2.75, 3.05) is 5.73 Å². The maximum Gasteiger partial charge on any atom is 0.295 e. The average molecular weight is 742 g/mol. The molecule has 0 saturated heterocycles. The molecular weight excluding hydrogens is 712 g/mol. The second-order valence-corrected chi connectivity index (χ2v) is 14.1. The van der Waals surface area contributed by atoms with E-state index in [2.05, 4.69) is 4.98 Å². The Bertz CT molecular complexity index is 2780. The lowest BCUT2D eigenvalue weighted by Gasteiger charge is -2.18. The highest BCUT2D eigenvalue weighted by atomic mass is 32.2. The van der Waals surface area contributed by atoms with Gasteiger partial charge in [0.2, 0.25) is 5.43 Å². The van der Waals surface area contributed by atoms with Crippen LogP contribution in [0.25, 0.3) is 55.8 Å². The zero-order valence-corrected chi connectivity index (χ0v) is 29.4. The molecule has 4 aromatic carbocycles. The molecule has 53 heavy (non-hydrogen) atoms. The standard InChI is InChI=1S/C38H30F3N5O6S/c1-18(2)51-29-11-9-22(16-27(29)41)33-32-36(42)43-37(26-14-19(3)8-13-30(26)53(48,49)50)44-38(32)46(45-33)20(4)35-31(21-6-5-7-23(39)15-21)34(47)25-17-24(40)10-12-28(25)52-35/h5-18,20H,1-4H3,(H2,42,43,44)(H,48,49,50)/t20-/m0/s1. The van der Waals surface area contributed by atoms with E-state index in [0.717, 1.165) is 18.2 Å². The highest BCUT2D eigenvalue weighted by Gasteiger charge is 2.29. The van der Waals surface area contributed by atoms with Crippen LogP contribution in [-0.2, 0) is 10.1 Å². The Kier molecular flexibility index (Phi) is 8.78. The Balaban J connectivity index is 1.55. The Hall–Kier alpha value is -6.06. The number of fused-ring (bicyclic) bond motifs is 2. The van der Waals surface area contributed by atoms with Gasteiger partial charge in [0.25, 0.3) is 10.1 Å². The Morgan fingerprint density at radius 1 is 0.906 bits per heavy atom. The van der Waals surface area contributed by atoms with Crippen LogP contribution in [0.2, 0.25) is 0 Å². The van der Waals surface area contributed by atoms with Gasteiger partial charge in [0, 0.05) is 11.1 Å². The molecular formula is C38H30F3N5O6S. The molecule has 0 amide bonds. The van der Waals surface area contributed by atoms with Crippen LogP contribution in [0.3, 0.4) is 0 Å². The Morgan fingerprint density at radius 3 is 2.36 bits per heavy atom. The number of halogens is 3. The van der Waals surface area contributed by atoms with Gasteiger partial charge in [-0.15, -0.1) is 0 Å². The maximum absolute atomic E-state index is 15.4. The molecule has 7 aromatic rings. The van der Waals surface area contributed by atoms with E-state index in [9.17, 15) is 26.5 Å². The molecule has 3 N–H and O–H groups in total. The van der Waals surface area contributed by atoms with E-state index in [1.807, 2.05) is 0 Å². The molecule has 1 atom stereocenters. The number of ether oxygens (including phenoxy) is 1. The van der Waals surface area contributed by atoms with E-state index in [-0.39, 0.29) is 79.2 Å². The molecule has 0 saturated carbocycles. The minimum Gasteiger partial charge on any atom is -0.488 e. The van der Waals surface area contributed by atoms with Crippen molar-refractivity contribution in [2.24, 2.45) is 0 Å². The van der Waals surface area contributed by atoms with Crippen molar-refractivity contribution < 1.29 is 35.3 Å². The predicted molar refractivity (Wildman–Crippen MR) is 193 cm³/mol. The fourth-order valence-corrected chi connectivity index (χ4v) is 6.87. The van der Waals surface area contributed by atoms with Crippen LogP contribution in [0.15, 0.2) is 93.0 Å². The number of nitrogens with zero attached hydrogens (tertiary/aromatic N) is 4. The molecule has 0 aliphatic carbocycles. The second kappa shape index (κ2) is 13.2. The zero-order chi connectivity index (χ0) is 37.9. The first-order valence-corrected chi connectivity index (χ1v) is 17.7. The number of aryl methyl sites for hydroxylation is 1. The third-order valence-corrected chi connectivity index (χ3v) is 9.45. The second-order valence-electron chi connectivity index (χ2n) is 12.7. The molecule has 0 unspecified atom stereocenters. The number of hydrogen-bond acceptors (Lipinski definition) is 9. The number of aromatic nitrogens is 4. The molecule has 11 nitrogen and oxygen atoms in total. The molecule has 3 aromatic heterocycles. The fraction of sp³-hybridized carbons (Fsp3) is 0.158. The summed E-state index contributed by atoms with van der Waals surface area (Å²) in [6.45, 7) is 6.81. The highest BCUT2D eigenvalue weighted by molar-refractivity contribution is 7.86. The average Bonchev–Trinajstić information content (AvgIpc) is 3.48. The largest absolute Gasteiger partial charge is 0.488 e. The van der Waals surface area contributed by atoms with Crippen molar-refractivity contribution in [3.8, 4) is 39.5 Å². The molecule has 270 valence electrons. The summed E-state index contributed by atoms with van der Waals surface area (Å²) in [5.74, 6) is -2.41. The van der Waals surface area contributed by atoms with E-state index in [0.29, 0.717) is 5.56 Å². The lowest BCUT2D eigenvalue weighted by molar-refractivity contribution is 0.231. The van der Waals surface area contributed by atoms with Gasteiger partial charge in [-0.05, 0) is 93.9 Å². The summed E-state index contributed by atoms with van der Waals surface area (Å²) in [6, 6.07) is 16.0. The highest BCUT2D eigenvalue weighted by Crippen LogP contribution is 2.39. The summed E-state index contributed by atoms with van der Waals surface area (Å²) in [4.78, 5) is 22.7. The van der Waals surface area contributed by atoms with Crippen LogP contribution in [0.4, 0.5) is 19.0 Å². The number of nitrogens with two attached hydrogens (primary N) is 1. The van der Waals surface area contributed by atoms with Gasteiger partial charge < -0.3 is 14.9 Å². The van der Waals surface area contributed by atoms with Crippen LogP contribution in [0.1, 0.15) is 38.1 Å². The molecule has 0 fully saturated rings. The van der Waals surface area contributed by atoms with E-state index >= 15 is 4.39 Å². The minimum absolute atomic E-state index is 0.00124. The van der Waals surface area contributed by atoms with Gasteiger partial charge in [-0.25, -0.2) is 27.8 Å². The van der Waals surface area contributed by atoms with Gasteiger partial charge in [-0.1, -0.05) is 23.8 Å². The first-order valence-electron chi connectivity index (χ1n) is 16.2. The molecule has 0 radical (unpaired) electrons. The van der Waals surface area contributed by atoms with Crippen molar-refractivity contribution in [3.05, 3.63) is 118 Å². The summed E-state index contributed by atoms with van der Waals surface area (Å²) in [7, 11) is -4.76. The molecule has 7 rings (SSSR count). The summed E-state index contributed by atoms with van der Waals surface area (Å²) in [6.07, 6.45) is -0.312. The van der Waals surface area contributed by atoms with Gasteiger partial charge in [-0.3, -0.25) is 9.35 Å². The Labute approximate surface area is 300 Å². The van der Waals surface area contributed by atoms with E-state index in [1.54, 1.807) is 33.8 Å². The number of rotatable bonds is 8. The van der Waals surface area contributed by atoms with Crippen LogP contribution in [0.5, 0.6) is 5.75 Å². The van der Waals surface area contributed by atoms with E-state index < -0.39 is 43.9 Å². The van der Waals surface area contributed by atoms with Crippen LogP contribution in [0, 0.1) is 24.4 Å². The van der Waals surface area contributed by atoms with Gasteiger partial charge >= 0.3 is 0 Å². The van der Waals surface area contributed by atoms with E-state index in [1.165, 1.54) is 59.3 Å². The number of benzene rings is 4. The SMILES string of the molecule is Cc1ccc(S(=O)(=O)O)c(-c2nc(N)c3c(-c4ccc(OC(C)C)c(F)c4)nn([C@@H](C)c4oc5ccc(F)cc5c(=O)c4-c4cccc(F)c4)c3n2)c1. The number of nitrogen functional groups attached to an aromatic ring is 1. The summed E-state index contributed by atoms with van der Waals surface area (Å²) in [5.41, 5.74) is 6.93. The Morgan fingerprint density at radius 2 is 1.66 bits per heavy atom. The molecule has 0 bridgehead atoms. The van der Waals surface area contributed by atoms with Crippen molar-refractivity contribution in [1.29, 1.82) is 0 Å². The van der Waals surface area contributed by atoms with Crippen molar-refractivity contribution in [2.45, 2.75) is 44.7 Å². The van der Waals surface area contributed by atoms with E-state index in [4.69, 9.17) is 25.0 Å². The lowest BCUT2D eigenvalue weighted by Crippen LogP contribution is -2.17. The van der Waals surface area contributed by atoms with Crippen LogP contribution < -0.4 is 15.9 Å². The molecule has 3 heterocycles. The van der Waals surface area contributed by atoms with Gasteiger partial charge in [0.15, 0.2) is 23.0 Å². The molecule has 0 aliphatic heterocycles. The zero-order valence-electron chi connectivity index (χ0n) is 28.6. The normalized spacial score (nSPS) is 12.5. The van der Waals surface area contributed by atoms with Gasteiger partial charge in [0.05, 0.1) is 22.4 Å². The minimum atomic E-state index is -4.76. The van der Waals surface area contributed by atoms with Gasteiger partial charge in [-0.2, -0.15) is 13.5 Å². The summed E-state index contributed by atoms with van der Waals surface area (Å²) in [5, 5.41) is 4.84. The third kappa shape index (κ3) is 6.49. The summed E-state index contributed by atoms with van der Waals surface area (Å²) >= 11 is 0. The van der Waals surface area contributed by atoms with Crippen molar-refractivity contribution in [3.63, 3.8) is 0 Å². The smallest absolute Gasteiger partial charge is 0.295 e. The van der Waals surface area contributed by atoms with Gasteiger partial charge in [0.1, 0.15) is 45.4 Å². The predicted octanol–water partition coefficient (Wildman–Crippen LogP) is 7.88. The van der Waals surface area contributed by atoms with Crippen LogP contribution >= 0.6 is 0 Å². The number of anilines is 1. The fourth-order valence-electron chi connectivity index (χ4n) is 6.20.